The van der Waals surface area contributed by atoms with Gasteiger partial charge in [0.25, 0.3) is 5.91 Å². The molecule has 3 rings (SSSR count). The molecule has 23 heavy (non-hydrogen) atoms. The average Bonchev–Trinajstić information content (AvgIpc) is 2.95. The first-order chi connectivity index (χ1) is 11.1. The number of aromatic nitrogens is 2. The van der Waals surface area contributed by atoms with Crippen molar-refractivity contribution in [2.24, 2.45) is 0 Å². The van der Waals surface area contributed by atoms with Gasteiger partial charge in [-0.3, -0.25) is 9.48 Å². The van der Waals surface area contributed by atoms with Crippen molar-refractivity contribution in [3.8, 4) is 0 Å². The van der Waals surface area contributed by atoms with Gasteiger partial charge < -0.3 is 5.32 Å². The van der Waals surface area contributed by atoms with E-state index in [9.17, 15) is 4.79 Å². The first-order valence-corrected chi connectivity index (χ1v) is 7.64. The summed E-state index contributed by atoms with van der Waals surface area (Å²) >= 11 is 5.82. The van der Waals surface area contributed by atoms with Gasteiger partial charge >= 0.3 is 0 Å². The lowest BCUT2D eigenvalue weighted by molar-refractivity contribution is 0.102. The highest BCUT2D eigenvalue weighted by Crippen LogP contribution is 2.12. The second kappa shape index (κ2) is 6.67. The first-order valence-electron chi connectivity index (χ1n) is 7.26. The van der Waals surface area contributed by atoms with Crippen LogP contribution in [0.5, 0.6) is 0 Å². The van der Waals surface area contributed by atoms with Gasteiger partial charge in [-0.2, -0.15) is 5.10 Å². The Bertz CT molecular complexity index is 824. The molecule has 0 saturated carbocycles. The van der Waals surface area contributed by atoms with Crippen molar-refractivity contribution < 1.29 is 4.79 Å². The summed E-state index contributed by atoms with van der Waals surface area (Å²) in [5.74, 6) is 0.320. The zero-order valence-electron chi connectivity index (χ0n) is 12.7. The smallest absolute Gasteiger partial charge is 0.256 e. The number of amides is 1. The summed E-state index contributed by atoms with van der Waals surface area (Å²) in [6, 6.07) is 16.8. The third-order valence-electron chi connectivity index (χ3n) is 3.42. The van der Waals surface area contributed by atoms with Crippen LogP contribution < -0.4 is 5.32 Å². The monoisotopic (exact) mass is 325 g/mol. The second-order valence-electron chi connectivity index (χ2n) is 5.35. The van der Waals surface area contributed by atoms with Gasteiger partial charge in [-0.1, -0.05) is 41.4 Å². The van der Waals surface area contributed by atoms with E-state index in [1.54, 1.807) is 35.0 Å². The minimum Gasteiger partial charge on any atom is -0.305 e. The van der Waals surface area contributed by atoms with Gasteiger partial charge in [-0.25, -0.2) is 0 Å². The zero-order chi connectivity index (χ0) is 16.2. The van der Waals surface area contributed by atoms with Gasteiger partial charge in [-0.05, 0) is 36.8 Å². The minimum atomic E-state index is -0.206. The van der Waals surface area contributed by atoms with E-state index in [1.807, 2.05) is 12.3 Å². The van der Waals surface area contributed by atoms with Crippen LogP contribution in [0.2, 0.25) is 5.02 Å². The maximum absolute atomic E-state index is 12.1. The van der Waals surface area contributed by atoms with Crippen LogP contribution in [0.3, 0.4) is 0 Å². The van der Waals surface area contributed by atoms with Crippen molar-refractivity contribution >= 4 is 23.3 Å². The quantitative estimate of drug-likeness (QED) is 0.783. The molecular weight excluding hydrogens is 310 g/mol. The Balaban J connectivity index is 1.67. The molecule has 0 aliphatic rings. The van der Waals surface area contributed by atoms with Crippen molar-refractivity contribution in [1.82, 2.24) is 9.78 Å². The van der Waals surface area contributed by atoms with Crippen LogP contribution in [-0.4, -0.2) is 15.7 Å². The SMILES string of the molecule is Cc1cccc(Cn2ccc(NC(=O)c3ccc(Cl)cc3)n2)c1. The molecule has 0 atom stereocenters. The fraction of sp³-hybridized carbons (Fsp3) is 0.111. The number of carbonyl (C=O) groups excluding carboxylic acids is 1. The number of hydrogen-bond acceptors (Lipinski definition) is 2. The van der Waals surface area contributed by atoms with Crippen LogP contribution in [0.25, 0.3) is 0 Å². The molecule has 0 fully saturated rings. The number of nitrogens with one attached hydrogen (secondary N) is 1. The molecule has 116 valence electrons. The molecule has 0 saturated heterocycles. The normalized spacial score (nSPS) is 10.5. The largest absolute Gasteiger partial charge is 0.305 e. The number of halogens is 1. The molecular formula is C18H16ClN3O. The Morgan fingerprint density at radius 3 is 2.70 bits per heavy atom. The molecule has 1 heterocycles. The lowest BCUT2D eigenvalue weighted by atomic mass is 10.1. The number of carbonyl (C=O) groups is 1. The molecule has 1 N–H and O–H groups in total. The maximum atomic E-state index is 12.1. The average molecular weight is 326 g/mol. The maximum Gasteiger partial charge on any atom is 0.256 e. The van der Waals surface area contributed by atoms with Gasteiger partial charge in [0.1, 0.15) is 0 Å². The highest BCUT2D eigenvalue weighted by molar-refractivity contribution is 6.30. The van der Waals surface area contributed by atoms with Crippen LogP contribution in [0.1, 0.15) is 21.5 Å². The molecule has 0 radical (unpaired) electrons. The van der Waals surface area contributed by atoms with E-state index in [0.29, 0.717) is 22.9 Å². The summed E-state index contributed by atoms with van der Waals surface area (Å²) in [6.45, 7) is 2.73. The zero-order valence-corrected chi connectivity index (χ0v) is 13.4. The van der Waals surface area contributed by atoms with E-state index in [-0.39, 0.29) is 5.91 Å². The summed E-state index contributed by atoms with van der Waals surface area (Å²) < 4.78 is 1.80. The number of benzene rings is 2. The summed E-state index contributed by atoms with van der Waals surface area (Å²) in [7, 11) is 0. The van der Waals surface area contributed by atoms with Crippen molar-refractivity contribution in [2.45, 2.75) is 13.5 Å². The molecule has 0 bridgehead atoms. The number of aryl methyl sites for hydroxylation is 1. The Hall–Kier alpha value is -2.59. The molecule has 0 spiro atoms. The molecule has 1 aromatic heterocycles. The van der Waals surface area contributed by atoms with Crippen molar-refractivity contribution in [2.75, 3.05) is 5.32 Å². The second-order valence-corrected chi connectivity index (χ2v) is 5.79. The Morgan fingerprint density at radius 2 is 1.96 bits per heavy atom. The van der Waals surface area contributed by atoms with E-state index in [4.69, 9.17) is 11.6 Å². The fourth-order valence-corrected chi connectivity index (χ4v) is 2.43. The van der Waals surface area contributed by atoms with Crippen LogP contribution in [0, 0.1) is 6.92 Å². The minimum absolute atomic E-state index is 0.206. The molecule has 3 aromatic rings. The van der Waals surface area contributed by atoms with Gasteiger partial charge in [0, 0.05) is 22.8 Å². The number of nitrogens with zero attached hydrogens (tertiary/aromatic N) is 2. The van der Waals surface area contributed by atoms with E-state index in [1.165, 1.54) is 11.1 Å². The standard InChI is InChI=1S/C18H16ClN3O/c1-13-3-2-4-14(11-13)12-22-10-9-17(21-22)20-18(23)15-5-7-16(19)8-6-15/h2-11H,12H2,1H3,(H,20,21,23). The predicted octanol–water partition coefficient (Wildman–Crippen LogP) is 4.15. The highest BCUT2D eigenvalue weighted by atomic mass is 35.5. The van der Waals surface area contributed by atoms with Crippen LogP contribution >= 0.6 is 11.6 Å². The predicted molar refractivity (Wildman–Crippen MR) is 91.9 cm³/mol. The van der Waals surface area contributed by atoms with Gasteiger partial charge in [0.05, 0.1) is 6.54 Å². The van der Waals surface area contributed by atoms with E-state index in [0.717, 1.165) is 0 Å². The lowest BCUT2D eigenvalue weighted by Crippen LogP contribution is -2.12. The topological polar surface area (TPSA) is 46.9 Å². The molecule has 0 aliphatic heterocycles. The molecule has 5 heteroatoms. The Kier molecular flexibility index (Phi) is 4.44. The van der Waals surface area contributed by atoms with Crippen molar-refractivity contribution in [1.29, 1.82) is 0 Å². The lowest BCUT2D eigenvalue weighted by Gasteiger charge is -2.04. The van der Waals surface area contributed by atoms with Crippen LogP contribution in [0.15, 0.2) is 60.8 Å². The van der Waals surface area contributed by atoms with E-state index >= 15 is 0 Å². The van der Waals surface area contributed by atoms with Crippen LogP contribution in [-0.2, 0) is 6.54 Å². The summed E-state index contributed by atoms with van der Waals surface area (Å²) in [6.07, 6.45) is 1.85. The summed E-state index contributed by atoms with van der Waals surface area (Å²) in [4.78, 5) is 12.1. The van der Waals surface area contributed by atoms with Crippen molar-refractivity contribution in [3.63, 3.8) is 0 Å². The van der Waals surface area contributed by atoms with Crippen LogP contribution in [0.4, 0.5) is 5.82 Å². The van der Waals surface area contributed by atoms with Gasteiger partial charge in [0.2, 0.25) is 0 Å². The third-order valence-corrected chi connectivity index (χ3v) is 3.67. The molecule has 4 nitrogen and oxygen atoms in total. The molecule has 2 aromatic carbocycles. The Morgan fingerprint density at radius 1 is 1.17 bits per heavy atom. The first kappa shape index (κ1) is 15.3. The number of anilines is 1. The van der Waals surface area contributed by atoms with E-state index < -0.39 is 0 Å². The van der Waals surface area contributed by atoms with E-state index in [2.05, 4.69) is 35.5 Å². The summed E-state index contributed by atoms with van der Waals surface area (Å²) in [5.41, 5.74) is 2.93. The van der Waals surface area contributed by atoms with Crippen molar-refractivity contribution in [3.05, 3.63) is 82.5 Å². The third kappa shape index (κ3) is 3.99. The number of hydrogen-bond donors (Lipinski definition) is 1. The van der Waals surface area contributed by atoms with Gasteiger partial charge in [0.15, 0.2) is 5.82 Å². The fourth-order valence-electron chi connectivity index (χ4n) is 2.30. The number of rotatable bonds is 4. The molecule has 0 unspecified atom stereocenters. The molecule has 0 aliphatic carbocycles. The summed E-state index contributed by atoms with van der Waals surface area (Å²) in [5, 5.41) is 7.76. The van der Waals surface area contributed by atoms with Gasteiger partial charge in [-0.15, -0.1) is 0 Å². The molecule has 1 amide bonds. The Labute approximate surface area is 139 Å². The highest BCUT2D eigenvalue weighted by Gasteiger charge is 2.08.